The quantitative estimate of drug-likeness (QED) is 0.107. The van der Waals surface area contributed by atoms with Gasteiger partial charge in [0.05, 0.1) is 0 Å². The molecule has 2 saturated heterocycles. The molecule has 19 nitrogen and oxygen atoms in total. The monoisotopic (exact) mass is 546 g/mol. The summed E-state index contributed by atoms with van der Waals surface area (Å²) in [5.74, 6) is -5.79. The average Bonchev–Trinajstić information content (AvgIpc) is 2.84. The molecule has 0 saturated carbocycles. The van der Waals surface area contributed by atoms with Crippen LogP contribution in [0.1, 0.15) is 0 Å². The van der Waals surface area contributed by atoms with Crippen LogP contribution >= 0.6 is 0 Å². The molecule has 0 amide bonds. The molecule has 2 rings (SSSR count). The molecule has 19 heteroatoms. The van der Waals surface area contributed by atoms with Crippen LogP contribution in [0.25, 0.3) is 0 Å². The Balaban J connectivity index is 2.30. The maximum Gasteiger partial charge on any atom is 0.335 e. The maximum absolute atomic E-state index is 11.8. The first-order chi connectivity index (χ1) is 17.1. The fraction of sp³-hybridized carbons (Fsp3) is 0.778. The van der Waals surface area contributed by atoms with Gasteiger partial charge in [0, 0.05) is 0 Å². The number of hydrogen-bond donors (Lipinski definition) is 11. The number of carbonyl (C=O) groups is 4. The van der Waals surface area contributed by atoms with E-state index in [4.69, 9.17) is 29.2 Å². The Morgan fingerprint density at radius 3 is 1.73 bits per heavy atom. The summed E-state index contributed by atoms with van der Waals surface area (Å²) in [6.07, 6.45) is -32.6. The van der Waals surface area contributed by atoms with Crippen molar-refractivity contribution in [3.05, 3.63) is 0 Å². The first-order valence-corrected chi connectivity index (χ1v) is 10.3. The minimum atomic E-state index is -2.67. The first-order valence-electron chi connectivity index (χ1n) is 10.3. The van der Waals surface area contributed by atoms with E-state index in [2.05, 4.69) is 0 Å². The van der Waals surface area contributed by atoms with Crippen LogP contribution in [0.2, 0.25) is 0 Å². The number of hydrogen-bond acceptors (Lipinski definition) is 16. The van der Waals surface area contributed by atoms with Gasteiger partial charge in [0.2, 0.25) is 0 Å². The summed E-state index contributed by atoms with van der Waals surface area (Å²) in [6.45, 7) is 0. The third kappa shape index (κ3) is 6.54. The van der Waals surface area contributed by atoms with E-state index in [-0.39, 0.29) is 6.29 Å². The second kappa shape index (κ2) is 12.4. The van der Waals surface area contributed by atoms with Crippen LogP contribution < -0.4 is 0 Å². The van der Waals surface area contributed by atoms with Crippen molar-refractivity contribution in [2.24, 2.45) is 0 Å². The Kier molecular flexibility index (Phi) is 10.4. The van der Waals surface area contributed by atoms with Crippen LogP contribution in [0.5, 0.6) is 0 Å². The number of aliphatic hydroxyl groups is 8. The van der Waals surface area contributed by atoms with Crippen molar-refractivity contribution in [2.45, 2.75) is 85.8 Å². The van der Waals surface area contributed by atoms with E-state index >= 15 is 0 Å². The minimum absolute atomic E-state index is 0.252. The molecular formula is C18H26O19. The molecule has 6 unspecified atom stereocenters. The van der Waals surface area contributed by atoms with Gasteiger partial charge in [0.15, 0.2) is 37.2 Å². The highest BCUT2D eigenvalue weighted by Gasteiger charge is 2.55. The standard InChI is InChI=1S/C18H26O19/c19-1-2(20)3(21)10(9(27)14(28)29)34-18-8(26)6(24)11(13(37-18)16(32)33)35-17-7(25)4(22)5(23)12(36-17)15(30)31/h1-13,17-18,20-27H,(H,28,29)(H,30,31)(H,32,33)/t2?,3-,4+,5-,6?,7?,8+,9?,10-,11+,12?,13?,17+,18-/m0/s1. The molecule has 2 aliphatic heterocycles. The van der Waals surface area contributed by atoms with Gasteiger partial charge in [-0.05, 0) is 0 Å². The van der Waals surface area contributed by atoms with Crippen LogP contribution in [0.4, 0.5) is 0 Å². The van der Waals surface area contributed by atoms with Gasteiger partial charge in [-0.25, -0.2) is 14.4 Å². The van der Waals surface area contributed by atoms with Crippen molar-refractivity contribution >= 4 is 24.2 Å². The summed E-state index contributed by atoms with van der Waals surface area (Å²) in [4.78, 5) is 44.9. The van der Waals surface area contributed by atoms with Crippen LogP contribution in [0.3, 0.4) is 0 Å². The summed E-state index contributed by atoms with van der Waals surface area (Å²) in [6, 6.07) is 0. The number of aliphatic carboxylic acids is 3. The minimum Gasteiger partial charge on any atom is -0.479 e. The molecule has 11 N–H and O–H groups in total. The van der Waals surface area contributed by atoms with E-state index < -0.39 is 104 Å². The number of aldehydes is 1. The van der Waals surface area contributed by atoms with Crippen LogP contribution in [-0.2, 0) is 38.1 Å². The normalized spacial score (nSPS) is 39.7. The van der Waals surface area contributed by atoms with Gasteiger partial charge in [-0.2, -0.15) is 0 Å². The second-order valence-electron chi connectivity index (χ2n) is 8.08. The second-order valence-corrected chi connectivity index (χ2v) is 8.08. The zero-order valence-electron chi connectivity index (χ0n) is 18.3. The summed E-state index contributed by atoms with van der Waals surface area (Å²) >= 11 is 0. The Labute approximate surface area is 205 Å². The van der Waals surface area contributed by atoms with Crippen molar-refractivity contribution in [3.8, 4) is 0 Å². The van der Waals surface area contributed by atoms with Gasteiger partial charge >= 0.3 is 17.9 Å². The van der Waals surface area contributed by atoms with E-state index in [0.717, 1.165) is 0 Å². The molecule has 0 bridgehead atoms. The predicted octanol–water partition coefficient (Wildman–Crippen LogP) is -7.45. The smallest absolute Gasteiger partial charge is 0.335 e. The predicted molar refractivity (Wildman–Crippen MR) is 104 cm³/mol. The van der Waals surface area contributed by atoms with Gasteiger partial charge in [0.1, 0.15) is 54.9 Å². The SMILES string of the molecule is O=CC(O)[C@H](O)[C@H](O[C@H]1OC(C(=O)O)[C@H](O[C@@H]2OC(C(=O)O)[C@@H](O)[C@@H](O)C2O)C(O)[C@H]1O)C(O)C(=O)O. The summed E-state index contributed by atoms with van der Waals surface area (Å²) < 4.78 is 19.8. The lowest BCUT2D eigenvalue weighted by Gasteiger charge is -2.45. The maximum atomic E-state index is 11.8. The third-order valence-electron chi connectivity index (χ3n) is 5.57. The Morgan fingerprint density at radius 2 is 1.24 bits per heavy atom. The van der Waals surface area contributed by atoms with Crippen molar-refractivity contribution in [3.63, 3.8) is 0 Å². The first kappa shape index (κ1) is 30.8. The molecule has 37 heavy (non-hydrogen) atoms. The van der Waals surface area contributed by atoms with Crippen molar-refractivity contribution < 1.29 is 94.3 Å². The molecule has 0 spiro atoms. The molecule has 0 radical (unpaired) electrons. The Bertz CT molecular complexity index is 836. The number of carboxylic acids is 3. The van der Waals surface area contributed by atoms with E-state index in [1.807, 2.05) is 0 Å². The van der Waals surface area contributed by atoms with Crippen LogP contribution in [-0.4, -0.2) is 166 Å². The fourth-order valence-corrected chi connectivity index (χ4v) is 3.53. The molecule has 0 aromatic carbocycles. The lowest BCUT2D eigenvalue weighted by molar-refractivity contribution is -0.358. The van der Waals surface area contributed by atoms with Crippen LogP contribution in [0, 0.1) is 0 Å². The highest BCUT2D eigenvalue weighted by Crippen LogP contribution is 2.31. The summed E-state index contributed by atoms with van der Waals surface area (Å²) in [5, 5.41) is 107. The van der Waals surface area contributed by atoms with Crippen molar-refractivity contribution in [1.29, 1.82) is 0 Å². The summed E-state index contributed by atoms with van der Waals surface area (Å²) in [5.41, 5.74) is 0. The lowest BCUT2D eigenvalue weighted by Crippen LogP contribution is -2.66. The number of rotatable bonds is 11. The molecule has 2 heterocycles. The van der Waals surface area contributed by atoms with Gasteiger partial charge in [0.25, 0.3) is 0 Å². The van der Waals surface area contributed by atoms with E-state index in [9.17, 15) is 65.1 Å². The molecule has 2 aliphatic rings. The molecule has 212 valence electrons. The highest BCUT2D eigenvalue weighted by molar-refractivity contribution is 5.74. The third-order valence-corrected chi connectivity index (χ3v) is 5.57. The van der Waals surface area contributed by atoms with Gasteiger partial charge in [-0.15, -0.1) is 0 Å². The Hall–Kier alpha value is -2.40. The molecular weight excluding hydrogens is 520 g/mol. The summed E-state index contributed by atoms with van der Waals surface area (Å²) in [7, 11) is 0. The molecule has 0 aromatic heterocycles. The zero-order valence-corrected chi connectivity index (χ0v) is 18.3. The Morgan fingerprint density at radius 1 is 0.730 bits per heavy atom. The largest absolute Gasteiger partial charge is 0.479 e. The fourth-order valence-electron chi connectivity index (χ4n) is 3.53. The molecule has 2 fully saturated rings. The van der Waals surface area contributed by atoms with E-state index in [1.165, 1.54) is 0 Å². The number of carboxylic acid groups (broad SMARTS) is 3. The van der Waals surface area contributed by atoms with Crippen molar-refractivity contribution in [2.75, 3.05) is 0 Å². The van der Waals surface area contributed by atoms with Gasteiger partial charge in [-0.3, -0.25) is 0 Å². The number of aliphatic hydroxyl groups excluding tert-OH is 8. The van der Waals surface area contributed by atoms with Crippen molar-refractivity contribution in [1.82, 2.24) is 0 Å². The van der Waals surface area contributed by atoms with Crippen LogP contribution in [0.15, 0.2) is 0 Å². The lowest BCUT2D eigenvalue weighted by atomic mass is 9.96. The topological polar surface area (TPSA) is 328 Å². The molecule has 0 aromatic rings. The number of ether oxygens (including phenoxy) is 4. The number of carbonyl (C=O) groups excluding carboxylic acids is 1. The van der Waals surface area contributed by atoms with E-state index in [0.29, 0.717) is 0 Å². The van der Waals surface area contributed by atoms with Gasteiger partial charge < -0.3 is 79.9 Å². The highest BCUT2D eigenvalue weighted by atomic mass is 16.7. The average molecular weight is 546 g/mol. The molecule has 0 aliphatic carbocycles. The zero-order chi connectivity index (χ0) is 28.4. The molecule has 14 atom stereocenters. The van der Waals surface area contributed by atoms with Gasteiger partial charge in [-0.1, -0.05) is 0 Å². The van der Waals surface area contributed by atoms with E-state index in [1.54, 1.807) is 0 Å².